The highest BCUT2D eigenvalue weighted by Gasteiger charge is 2.37. The third-order valence-corrected chi connectivity index (χ3v) is 5.21. The number of hydrogen-bond donors (Lipinski definition) is 0. The Kier molecular flexibility index (Phi) is 4.74. The van der Waals surface area contributed by atoms with Crippen LogP contribution in [0.4, 0.5) is 0 Å². The third-order valence-electron chi connectivity index (χ3n) is 4.47. The smallest absolute Gasteiger partial charge is 0.136 e. The maximum atomic E-state index is 6.54. The molecule has 0 amide bonds. The van der Waals surface area contributed by atoms with Gasteiger partial charge in [0, 0.05) is 30.8 Å². The van der Waals surface area contributed by atoms with Crippen molar-refractivity contribution in [2.75, 3.05) is 26.4 Å². The Morgan fingerprint density at radius 1 is 0.955 bits per heavy atom. The summed E-state index contributed by atoms with van der Waals surface area (Å²) in [5.74, 6) is 0.964. The SMILES string of the molecule is CSc1ccc(OC2(c3ccccc3)CCN(C)CC2)cc1. The van der Waals surface area contributed by atoms with Crippen LogP contribution in [0.3, 0.4) is 0 Å². The van der Waals surface area contributed by atoms with Gasteiger partial charge in [-0.05, 0) is 43.1 Å². The number of hydrogen-bond acceptors (Lipinski definition) is 3. The van der Waals surface area contributed by atoms with Gasteiger partial charge >= 0.3 is 0 Å². The number of nitrogens with zero attached hydrogens (tertiary/aromatic N) is 1. The monoisotopic (exact) mass is 313 g/mol. The van der Waals surface area contributed by atoms with Gasteiger partial charge in [0.1, 0.15) is 11.4 Å². The van der Waals surface area contributed by atoms with E-state index in [0.717, 1.165) is 31.7 Å². The number of benzene rings is 2. The summed E-state index contributed by atoms with van der Waals surface area (Å²) in [6, 6.07) is 19.1. The van der Waals surface area contributed by atoms with Crippen LogP contribution in [0, 0.1) is 0 Å². The highest BCUT2D eigenvalue weighted by molar-refractivity contribution is 7.98. The summed E-state index contributed by atoms with van der Waals surface area (Å²) in [6.45, 7) is 2.13. The second kappa shape index (κ2) is 6.76. The van der Waals surface area contributed by atoms with E-state index in [1.165, 1.54) is 10.5 Å². The Bertz CT molecular complexity index is 589. The van der Waals surface area contributed by atoms with Crippen molar-refractivity contribution in [3.05, 3.63) is 60.2 Å². The van der Waals surface area contributed by atoms with E-state index in [9.17, 15) is 0 Å². The van der Waals surface area contributed by atoms with E-state index in [-0.39, 0.29) is 5.60 Å². The van der Waals surface area contributed by atoms with Crippen LogP contribution in [0.5, 0.6) is 5.75 Å². The standard InChI is InChI=1S/C19H23NOS/c1-20-14-12-19(13-15-20,16-6-4-3-5-7-16)21-17-8-10-18(22-2)11-9-17/h3-11H,12-15H2,1-2H3. The van der Waals surface area contributed by atoms with Gasteiger partial charge in [-0.3, -0.25) is 0 Å². The zero-order valence-electron chi connectivity index (χ0n) is 13.3. The Morgan fingerprint density at radius 2 is 1.59 bits per heavy atom. The summed E-state index contributed by atoms with van der Waals surface area (Å²) in [4.78, 5) is 3.64. The zero-order chi connectivity index (χ0) is 15.4. The highest BCUT2D eigenvalue weighted by Crippen LogP contribution is 2.37. The number of rotatable bonds is 4. The molecule has 0 spiro atoms. The van der Waals surface area contributed by atoms with Gasteiger partial charge in [0.15, 0.2) is 0 Å². The van der Waals surface area contributed by atoms with E-state index in [1.54, 1.807) is 11.8 Å². The molecule has 2 aromatic carbocycles. The molecule has 2 nitrogen and oxygen atoms in total. The van der Waals surface area contributed by atoms with Gasteiger partial charge < -0.3 is 9.64 Å². The lowest BCUT2D eigenvalue weighted by molar-refractivity contribution is 0.00371. The Labute approximate surface area is 137 Å². The first-order valence-corrected chi connectivity index (χ1v) is 9.01. The first kappa shape index (κ1) is 15.4. The molecular weight excluding hydrogens is 290 g/mol. The summed E-state index contributed by atoms with van der Waals surface area (Å²) in [6.07, 6.45) is 4.15. The molecule has 1 aliphatic heterocycles. The number of piperidine rings is 1. The maximum Gasteiger partial charge on any atom is 0.136 e. The fraction of sp³-hybridized carbons (Fsp3) is 0.368. The van der Waals surface area contributed by atoms with Gasteiger partial charge in [-0.2, -0.15) is 0 Å². The number of thioether (sulfide) groups is 1. The molecule has 22 heavy (non-hydrogen) atoms. The second-order valence-corrected chi connectivity index (χ2v) is 6.82. The van der Waals surface area contributed by atoms with Crippen molar-refractivity contribution in [1.29, 1.82) is 0 Å². The molecule has 116 valence electrons. The zero-order valence-corrected chi connectivity index (χ0v) is 14.1. The van der Waals surface area contributed by atoms with Crippen LogP contribution >= 0.6 is 11.8 Å². The largest absolute Gasteiger partial charge is 0.482 e. The summed E-state index contributed by atoms with van der Waals surface area (Å²) in [5.41, 5.74) is 1.09. The third kappa shape index (κ3) is 3.31. The molecule has 0 N–H and O–H groups in total. The van der Waals surface area contributed by atoms with Gasteiger partial charge in [-0.25, -0.2) is 0 Å². The predicted octanol–water partition coefficient (Wildman–Crippen LogP) is 4.41. The quantitative estimate of drug-likeness (QED) is 0.776. The topological polar surface area (TPSA) is 12.5 Å². The average Bonchev–Trinajstić information content (AvgIpc) is 2.59. The minimum absolute atomic E-state index is 0.200. The second-order valence-electron chi connectivity index (χ2n) is 5.94. The first-order valence-electron chi connectivity index (χ1n) is 7.79. The molecule has 1 aliphatic rings. The van der Waals surface area contributed by atoms with Crippen molar-refractivity contribution >= 4 is 11.8 Å². The van der Waals surface area contributed by atoms with Crippen LogP contribution in [0.25, 0.3) is 0 Å². The van der Waals surface area contributed by atoms with Crippen molar-refractivity contribution in [3.8, 4) is 5.75 Å². The van der Waals surface area contributed by atoms with Crippen molar-refractivity contribution in [1.82, 2.24) is 4.90 Å². The highest BCUT2D eigenvalue weighted by atomic mass is 32.2. The van der Waals surface area contributed by atoms with Crippen LogP contribution in [0.15, 0.2) is 59.5 Å². The van der Waals surface area contributed by atoms with Gasteiger partial charge in [-0.1, -0.05) is 30.3 Å². The van der Waals surface area contributed by atoms with Crippen molar-refractivity contribution in [3.63, 3.8) is 0 Å². The summed E-state index contributed by atoms with van der Waals surface area (Å²) in [5, 5.41) is 0. The van der Waals surface area contributed by atoms with E-state index in [4.69, 9.17) is 4.74 Å². The lowest BCUT2D eigenvalue weighted by atomic mass is 9.84. The number of likely N-dealkylation sites (tertiary alicyclic amines) is 1. The summed E-state index contributed by atoms with van der Waals surface area (Å²) < 4.78 is 6.54. The molecule has 0 aromatic heterocycles. The molecule has 0 aliphatic carbocycles. The van der Waals surface area contributed by atoms with E-state index >= 15 is 0 Å². The lowest BCUT2D eigenvalue weighted by Crippen LogP contribution is -2.44. The Hall–Kier alpha value is -1.45. The van der Waals surface area contributed by atoms with Crippen LogP contribution in [0.2, 0.25) is 0 Å². The molecule has 0 saturated carbocycles. The van der Waals surface area contributed by atoms with Gasteiger partial charge in [0.05, 0.1) is 0 Å². The van der Waals surface area contributed by atoms with Crippen LogP contribution in [-0.4, -0.2) is 31.3 Å². The summed E-state index contributed by atoms with van der Waals surface area (Å²) >= 11 is 1.76. The van der Waals surface area contributed by atoms with Crippen molar-refractivity contribution in [2.45, 2.75) is 23.3 Å². The van der Waals surface area contributed by atoms with Gasteiger partial charge in [0.25, 0.3) is 0 Å². The molecule has 3 heteroatoms. The molecule has 2 aromatic rings. The van der Waals surface area contributed by atoms with Crippen LogP contribution < -0.4 is 4.74 Å². The summed E-state index contributed by atoms with van der Waals surface area (Å²) in [7, 11) is 2.18. The van der Waals surface area contributed by atoms with E-state index in [0.29, 0.717) is 0 Å². The van der Waals surface area contributed by atoms with E-state index < -0.39 is 0 Å². The molecule has 0 unspecified atom stereocenters. The van der Waals surface area contributed by atoms with Crippen molar-refractivity contribution < 1.29 is 4.74 Å². The minimum atomic E-state index is -0.200. The Morgan fingerprint density at radius 3 is 2.18 bits per heavy atom. The van der Waals surface area contributed by atoms with Crippen molar-refractivity contribution in [2.24, 2.45) is 0 Å². The molecule has 1 fully saturated rings. The minimum Gasteiger partial charge on any atom is -0.482 e. The predicted molar refractivity (Wildman–Crippen MR) is 93.7 cm³/mol. The van der Waals surface area contributed by atoms with Crippen LogP contribution in [-0.2, 0) is 5.60 Å². The number of ether oxygens (including phenoxy) is 1. The van der Waals surface area contributed by atoms with E-state index in [1.807, 2.05) is 0 Å². The van der Waals surface area contributed by atoms with Gasteiger partial charge in [-0.15, -0.1) is 11.8 Å². The molecule has 3 rings (SSSR count). The average molecular weight is 313 g/mol. The molecule has 0 bridgehead atoms. The first-order chi connectivity index (χ1) is 10.7. The normalized spacial score (nSPS) is 18.1. The van der Waals surface area contributed by atoms with Gasteiger partial charge in [0.2, 0.25) is 0 Å². The fourth-order valence-electron chi connectivity index (χ4n) is 3.04. The van der Waals surface area contributed by atoms with E-state index in [2.05, 4.69) is 72.8 Å². The maximum absolute atomic E-state index is 6.54. The fourth-order valence-corrected chi connectivity index (χ4v) is 3.45. The molecule has 1 heterocycles. The molecule has 0 radical (unpaired) electrons. The molecular formula is C19H23NOS. The van der Waals surface area contributed by atoms with Crippen LogP contribution in [0.1, 0.15) is 18.4 Å². The molecule has 1 saturated heterocycles. The molecule has 0 atom stereocenters. The lowest BCUT2D eigenvalue weighted by Gasteiger charge is -2.41. The Balaban J connectivity index is 1.88.